The monoisotopic (exact) mass is 305 g/mol. The van der Waals surface area contributed by atoms with Gasteiger partial charge in [0.2, 0.25) is 0 Å². The van der Waals surface area contributed by atoms with Gasteiger partial charge in [-0.05, 0) is 54.0 Å². The van der Waals surface area contributed by atoms with Gasteiger partial charge in [0.05, 0.1) is 0 Å². The Morgan fingerprint density at radius 2 is 2.31 bits per heavy atom. The molecule has 1 aliphatic carbocycles. The van der Waals surface area contributed by atoms with Gasteiger partial charge in [-0.15, -0.1) is 11.8 Å². The van der Waals surface area contributed by atoms with Crippen LogP contribution in [-0.4, -0.2) is 10.2 Å². The van der Waals surface area contributed by atoms with Gasteiger partial charge in [-0.25, -0.2) is 4.98 Å². The fourth-order valence-electron chi connectivity index (χ4n) is 1.24. The fourth-order valence-corrected chi connectivity index (χ4v) is 3.22. The van der Waals surface area contributed by atoms with Crippen LogP contribution in [0.3, 0.4) is 0 Å². The van der Waals surface area contributed by atoms with E-state index in [4.69, 9.17) is 0 Å². The maximum Gasteiger partial charge on any atom is 0.110 e. The van der Waals surface area contributed by atoms with Crippen LogP contribution in [0.15, 0.2) is 17.3 Å². The topological polar surface area (TPSA) is 12.9 Å². The summed E-state index contributed by atoms with van der Waals surface area (Å²) in [5.41, 5.74) is 1.34. The Morgan fingerprint density at radius 3 is 2.92 bits per heavy atom. The zero-order valence-corrected chi connectivity index (χ0v) is 10.6. The van der Waals surface area contributed by atoms with Crippen molar-refractivity contribution in [3.8, 4) is 0 Å². The molecule has 1 heterocycles. The summed E-state index contributed by atoms with van der Waals surface area (Å²) in [6, 6.07) is 2.08. The van der Waals surface area contributed by atoms with Crippen LogP contribution in [0.2, 0.25) is 0 Å². The van der Waals surface area contributed by atoms with Gasteiger partial charge in [0.25, 0.3) is 0 Å². The highest BCUT2D eigenvalue weighted by molar-refractivity contribution is 14.1. The Morgan fingerprint density at radius 1 is 1.54 bits per heavy atom. The molecule has 2 rings (SSSR count). The van der Waals surface area contributed by atoms with E-state index in [1.54, 1.807) is 0 Å². The van der Waals surface area contributed by atoms with Crippen LogP contribution in [0.5, 0.6) is 0 Å². The maximum atomic E-state index is 4.42. The van der Waals surface area contributed by atoms with Crippen molar-refractivity contribution in [2.24, 2.45) is 0 Å². The predicted octanol–water partition coefficient (Wildman–Crippen LogP) is 3.64. The highest BCUT2D eigenvalue weighted by Gasteiger charge is 2.20. The third-order valence-electron chi connectivity index (χ3n) is 2.38. The third-order valence-corrected chi connectivity index (χ3v) is 5.45. The molecule has 0 amide bonds. The van der Waals surface area contributed by atoms with E-state index in [1.165, 1.54) is 33.4 Å². The zero-order chi connectivity index (χ0) is 9.26. The number of pyridine rings is 1. The molecule has 0 atom stereocenters. The normalized spacial score (nSPS) is 17.1. The van der Waals surface area contributed by atoms with Gasteiger partial charge in [0.15, 0.2) is 0 Å². The molecule has 70 valence electrons. The maximum absolute atomic E-state index is 4.42. The van der Waals surface area contributed by atoms with Crippen LogP contribution in [0.25, 0.3) is 0 Å². The first-order valence-corrected chi connectivity index (χ1v) is 6.51. The lowest BCUT2D eigenvalue weighted by atomic mass is 10.0. The van der Waals surface area contributed by atoms with Crippen molar-refractivity contribution in [3.05, 3.63) is 21.4 Å². The van der Waals surface area contributed by atoms with Crippen molar-refractivity contribution in [2.45, 2.75) is 36.5 Å². The molecule has 0 spiro atoms. The largest absolute Gasteiger partial charge is 0.249 e. The van der Waals surface area contributed by atoms with Gasteiger partial charge < -0.3 is 0 Å². The van der Waals surface area contributed by atoms with E-state index >= 15 is 0 Å². The number of aryl methyl sites for hydroxylation is 1. The van der Waals surface area contributed by atoms with Crippen LogP contribution in [0, 0.1) is 10.5 Å². The van der Waals surface area contributed by atoms with Crippen molar-refractivity contribution in [1.29, 1.82) is 0 Å². The van der Waals surface area contributed by atoms with Crippen molar-refractivity contribution < 1.29 is 0 Å². The summed E-state index contributed by atoms with van der Waals surface area (Å²) < 4.78 is 1.33. The number of halogens is 1. The molecular weight excluding hydrogens is 293 g/mol. The summed E-state index contributed by atoms with van der Waals surface area (Å²) in [7, 11) is 0. The second kappa shape index (κ2) is 4.17. The van der Waals surface area contributed by atoms with Gasteiger partial charge >= 0.3 is 0 Å². The van der Waals surface area contributed by atoms with Crippen LogP contribution < -0.4 is 0 Å². The van der Waals surface area contributed by atoms with Gasteiger partial charge in [0.1, 0.15) is 5.03 Å². The standard InChI is InChI=1S/C10H12INS/c1-7-5-6-12-10(9(7)11)13-8-3-2-4-8/h5-6,8H,2-4H2,1H3. The molecule has 0 aliphatic heterocycles. The Hall–Kier alpha value is 0.230. The summed E-state index contributed by atoms with van der Waals surface area (Å²) in [4.78, 5) is 4.42. The van der Waals surface area contributed by atoms with E-state index in [1.807, 2.05) is 18.0 Å². The predicted molar refractivity (Wildman–Crippen MR) is 65.2 cm³/mol. The first-order chi connectivity index (χ1) is 6.27. The van der Waals surface area contributed by atoms with Crippen molar-refractivity contribution in [3.63, 3.8) is 0 Å². The minimum atomic E-state index is 0.836. The average Bonchev–Trinajstić information content (AvgIpc) is 2.04. The number of aromatic nitrogens is 1. The van der Waals surface area contributed by atoms with Gasteiger partial charge in [-0.2, -0.15) is 0 Å². The Kier molecular flexibility index (Phi) is 3.14. The molecule has 0 saturated heterocycles. The summed E-state index contributed by atoms with van der Waals surface area (Å²) >= 11 is 4.35. The second-order valence-electron chi connectivity index (χ2n) is 3.42. The number of hydrogen-bond acceptors (Lipinski definition) is 2. The average molecular weight is 305 g/mol. The van der Waals surface area contributed by atoms with E-state index in [2.05, 4.69) is 40.6 Å². The van der Waals surface area contributed by atoms with Gasteiger partial charge in [0, 0.05) is 15.0 Å². The molecule has 1 fully saturated rings. The van der Waals surface area contributed by atoms with Crippen LogP contribution >= 0.6 is 34.4 Å². The van der Waals surface area contributed by atoms with Crippen LogP contribution in [0.1, 0.15) is 24.8 Å². The molecule has 0 aromatic carbocycles. The lowest BCUT2D eigenvalue weighted by Crippen LogP contribution is -2.13. The Labute approximate surface area is 96.9 Å². The third kappa shape index (κ3) is 2.18. The van der Waals surface area contributed by atoms with E-state index in [9.17, 15) is 0 Å². The van der Waals surface area contributed by atoms with Crippen molar-refractivity contribution >= 4 is 34.4 Å². The quantitative estimate of drug-likeness (QED) is 0.774. The molecule has 0 unspecified atom stereocenters. The number of thioether (sulfide) groups is 1. The van der Waals surface area contributed by atoms with E-state index in [0.29, 0.717) is 0 Å². The molecule has 1 nitrogen and oxygen atoms in total. The molecule has 3 heteroatoms. The Bertz CT molecular complexity index is 310. The summed E-state index contributed by atoms with van der Waals surface area (Å²) in [5, 5.41) is 2.06. The van der Waals surface area contributed by atoms with Crippen LogP contribution in [0.4, 0.5) is 0 Å². The Balaban J connectivity index is 2.14. The number of hydrogen-bond donors (Lipinski definition) is 0. The fraction of sp³-hybridized carbons (Fsp3) is 0.500. The molecule has 0 bridgehead atoms. The van der Waals surface area contributed by atoms with E-state index in [-0.39, 0.29) is 0 Å². The zero-order valence-electron chi connectivity index (χ0n) is 7.59. The molecule has 1 saturated carbocycles. The minimum Gasteiger partial charge on any atom is -0.249 e. The molecule has 1 aromatic rings. The van der Waals surface area contributed by atoms with Crippen LogP contribution in [-0.2, 0) is 0 Å². The molecule has 1 aromatic heterocycles. The van der Waals surface area contributed by atoms with Gasteiger partial charge in [-0.1, -0.05) is 6.42 Å². The molecule has 1 aliphatic rings. The molecule has 0 radical (unpaired) electrons. The highest BCUT2D eigenvalue weighted by atomic mass is 127. The summed E-state index contributed by atoms with van der Waals surface area (Å²) in [6.45, 7) is 2.15. The van der Waals surface area contributed by atoms with Crippen molar-refractivity contribution in [1.82, 2.24) is 4.98 Å². The first-order valence-electron chi connectivity index (χ1n) is 4.55. The summed E-state index contributed by atoms with van der Waals surface area (Å²) in [6.07, 6.45) is 6.06. The lowest BCUT2D eigenvalue weighted by molar-refractivity contribution is 0.521. The first kappa shape index (κ1) is 9.77. The van der Waals surface area contributed by atoms with E-state index < -0.39 is 0 Å². The number of rotatable bonds is 2. The highest BCUT2D eigenvalue weighted by Crippen LogP contribution is 2.37. The van der Waals surface area contributed by atoms with E-state index in [0.717, 1.165) is 5.25 Å². The second-order valence-corrected chi connectivity index (χ2v) is 5.79. The number of nitrogens with zero attached hydrogens (tertiary/aromatic N) is 1. The van der Waals surface area contributed by atoms with Gasteiger partial charge in [-0.3, -0.25) is 0 Å². The van der Waals surface area contributed by atoms with Crippen molar-refractivity contribution in [2.75, 3.05) is 0 Å². The molecular formula is C10H12INS. The smallest absolute Gasteiger partial charge is 0.110 e. The minimum absolute atomic E-state index is 0.836. The molecule has 0 N–H and O–H groups in total. The lowest BCUT2D eigenvalue weighted by Gasteiger charge is -2.24. The molecule has 13 heavy (non-hydrogen) atoms. The SMILES string of the molecule is Cc1ccnc(SC2CCC2)c1I. The summed E-state index contributed by atoms with van der Waals surface area (Å²) in [5.74, 6) is 0.